The van der Waals surface area contributed by atoms with Crippen molar-refractivity contribution < 1.29 is 4.79 Å². The fourth-order valence-electron chi connectivity index (χ4n) is 3.25. The lowest BCUT2D eigenvalue weighted by atomic mass is 9.99. The average molecular weight is 389 g/mol. The molecule has 0 unspecified atom stereocenters. The molecule has 6 heteroatoms. The molecule has 1 aromatic carbocycles. The summed E-state index contributed by atoms with van der Waals surface area (Å²) in [5.74, 6) is -0.157. The fraction of sp³-hybridized carbons (Fsp3) is 0.136. The Labute approximate surface area is 166 Å². The first-order chi connectivity index (χ1) is 13.4. The summed E-state index contributed by atoms with van der Waals surface area (Å²) in [6.45, 7) is 3.86. The van der Waals surface area contributed by atoms with E-state index in [-0.39, 0.29) is 11.5 Å². The van der Waals surface area contributed by atoms with Crippen LogP contribution in [0.5, 0.6) is 0 Å². The van der Waals surface area contributed by atoms with Crippen LogP contribution in [0.3, 0.4) is 0 Å². The van der Waals surface area contributed by atoms with Gasteiger partial charge in [-0.2, -0.15) is 0 Å². The Morgan fingerprint density at radius 1 is 1.11 bits per heavy atom. The number of fused-ring (bicyclic) bond motifs is 1. The number of carbonyl (C=O) groups is 1. The van der Waals surface area contributed by atoms with Crippen molar-refractivity contribution in [2.24, 2.45) is 7.05 Å². The molecule has 1 amide bonds. The third-order valence-corrected chi connectivity index (χ3v) is 5.64. The van der Waals surface area contributed by atoms with Crippen molar-refractivity contribution in [3.8, 4) is 11.1 Å². The van der Waals surface area contributed by atoms with Crippen molar-refractivity contribution in [1.29, 1.82) is 0 Å². The van der Waals surface area contributed by atoms with Crippen molar-refractivity contribution in [3.63, 3.8) is 0 Å². The van der Waals surface area contributed by atoms with Gasteiger partial charge in [0.2, 0.25) is 0 Å². The third kappa shape index (κ3) is 3.23. The van der Waals surface area contributed by atoms with Crippen molar-refractivity contribution in [2.45, 2.75) is 13.8 Å². The second-order valence-electron chi connectivity index (χ2n) is 6.77. The van der Waals surface area contributed by atoms with E-state index in [9.17, 15) is 9.59 Å². The van der Waals surface area contributed by atoms with Gasteiger partial charge in [-0.25, -0.2) is 0 Å². The molecule has 3 aromatic heterocycles. The largest absolute Gasteiger partial charge is 0.321 e. The Morgan fingerprint density at radius 3 is 2.68 bits per heavy atom. The number of hydrogen-bond donors (Lipinski definition) is 1. The number of nitrogens with one attached hydrogen (secondary N) is 1. The first-order valence-corrected chi connectivity index (χ1v) is 9.74. The zero-order valence-corrected chi connectivity index (χ0v) is 16.6. The summed E-state index contributed by atoms with van der Waals surface area (Å²) in [4.78, 5) is 30.4. The van der Waals surface area contributed by atoms with Crippen LogP contribution in [0.25, 0.3) is 22.0 Å². The lowest BCUT2D eigenvalue weighted by Crippen LogP contribution is -2.19. The minimum absolute atomic E-state index is 0.0806. The molecule has 0 saturated carbocycles. The summed E-state index contributed by atoms with van der Waals surface area (Å²) in [7, 11) is 1.77. The summed E-state index contributed by atoms with van der Waals surface area (Å²) in [6.07, 6.45) is 1.78. The second-order valence-corrected chi connectivity index (χ2v) is 7.72. The first-order valence-electron chi connectivity index (χ1n) is 8.86. The monoisotopic (exact) mass is 389 g/mol. The van der Waals surface area contributed by atoms with Crippen molar-refractivity contribution in [2.75, 3.05) is 5.32 Å². The van der Waals surface area contributed by atoms with Crippen LogP contribution in [-0.2, 0) is 7.05 Å². The minimum atomic E-state index is -0.157. The van der Waals surface area contributed by atoms with Gasteiger partial charge in [-0.05, 0) is 60.7 Å². The zero-order chi connectivity index (χ0) is 19.8. The van der Waals surface area contributed by atoms with E-state index in [4.69, 9.17) is 0 Å². The fourth-order valence-corrected chi connectivity index (χ4v) is 3.87. The Morgan fingerprint density at radius 2 is 1.93 bits per heavy atom. The molecular formula is C22H19N3O2S. The highest BCUT2D eigenvalue weighted by Gasteiger charge is 2.14. The number of carbonyl (C=O) groups excluding carboxylic acids is 1. The molecule has 0 spiro atoms. The summed E-state index contributed by atoms with van der Waals surface area (Å²) in [5, 5.41) is 5.67. The van der Waals surface area contributed by atoms with Crippen LogP contribution in [-0.4, -0.2) is 15.5 Å². The summed E-state index contributed by atoms with van der Waals surface area (Å²) in [5.41, 5.74) is 4.64. The molecular weight excluding hydrogens is 370 g/mol. The highest BCUT2D eigenvalue weighted by molar-refractivity contribution is 7.12. The highest BCUT2D eigenvalue weighted by Crippen LogP contribution is 2.27. The van der Waals surface area contributed by atoms with E-state index in [0.717, 1.165) is 27.7 Å². The molecule has 0 aliphatic rings. The molecule has 0 atom stereocenters. The van der Waals surface area contributed by atoms with Crippen LogP contribution < -0.4 is 10.9 Å². The summed E-state index contributed by atoms with van der Waals surface area (Å²) < 4.78 is 1.65. The van der Waals surface area contributed by atoms with Crippen molar-refractivity contribution >= 4 is 33.8 Å². The highest BCUT2D eigenvalue weighted by atomic mass is 32.1. The SMILES string of the molecule is Cc1cc2c(cn1)cc(-c1cc(NC(=O)c3cccs3)ccc1C)c(=O)n2C. The number of rotatable bonds is 3. The normalized spacial score (nSPS) is 11.0. The van der Waals surface area contributed by atoms with E-state index in [1.54, 1.807) is 23.9 Å². The predicted molar refractivity (Wildman–Crippen MR) is 114 cm³/mol. The molecule has 140 valence electrons. The first kappa shape index (κ1) is 18.1. The Hall–Kier alpha value is -3.25. The van der Waals surface area contributed by atoms with E-state index in [1.165, 1.54) is 11.3 Å². The summed E-state index contributed by atoms with van der Waals surface area (Å²) in [6, 6.07) is 13.0. The molecule has 28 heavy (non-hydrogen) atoms. The smallest absolute Gasteiger partial charge is 0.265 e. The topological polar surface area (TPSA) is 64.0 Å². The van der Waals surface area contributed by atoms with E-state index >= 15 is 0 Å². The maximum absolute atomic E-state index is 13.0. The Balaban J connectivity index is 1.81. The molecule has 4 aromatic rings. The molecule has 0 fully saturated rings. The van der Waals surface area contributed by atoms with Crippen LogP contribution in [0.15, 0.2) is 58.8 Å². The molecule has 5 nitrogen and oxygen atoms in total. The molecule has 0 radical (unpaired) electrons. The third-order valence-electron chi connectivity index (χ3n) is 4.78. The van der Waals surface area contributed by atoms with Crippen LogP contribution in [0, 0.1) is 13.8 Å². The molecule has 4 rings (SSSR count). The minimum Gasteiger partial charge on any atom is -0.321 e. The van der Waals surface area contributed by atoms with E-state index < -0.39 is 0 Å². The van der Waals surface area contributed by atoms with E-state index in [2.05, 4.69) is 10.3 Å². The van der Waals surface area contributed by atoms with Crippen LogP contribution in [0.2, 0.25) is 0 Å². The number of aryl methyl sites for hydroxylation is 3. The number of hydrogen-bond acceptors (Lipinski definition) is 4. The van der Waals surface area contributed by atoms with Gasteiger partial charge in [-0.3, -0.25) is 14.6 Å². The van der Waals surface area contributed by atoms with E-state index in [0.29, 0.717) is 16.1 Å². The number of nitrogens with zero attached hydrogens (tertiary/aromatic N) is 2. The summed E-state index contributed by atoms with van der Waals surface area (Å²) >= 11 is 1.39. The van der Waals surface area contributed by atoms with Gasteiger partial charge in [0.15, 0.2) is 0 Å². The quantitative estimate of drug-likeness (QED) is 0.560. The number of benzene rings is 1. The van der Waals surface area contributed by atoms with Crippen LogP contribution in [0.1, 0.15) is 20.9 Å². The van der Waals surface area contributed by atoms with Crippen molar-refractivity contribution in [1.82, 2.24) is 9.55 Å². The lowest BCUT2D eigenvalue weighted by Gasteiger charge is -2.13. The molecule has 1 N–H and O–H groups in total. The molecule has 0 aliphatic heterocycles. The lowest BCUT2D eigenvalue weighted by molar-refractivity contribution is 0.103. The van der Waals surface area contributed by atoms with Gasteiger partial charge in [0.25, 0.3) is 11.5 Å². The zero-order valence-electron chi connectivity index (χ0n) is 15.8. The number of thiophene rings is 1. The van der Waals surface area contributed by atoms with Gasteiger partial charge in [0, 0.05) is 35.6 Å². The van der Waals surface area contributed by atoms with Crippen molar-refractivity contribution in [3.05, 3.63) is 80.5 Å². The maximum Gasteiger partial charge on any atom is 0.265 e. The van der Waals surface area contributed by atoms with Gasteiger partial charge in [0.1, 0.15) is 0 Å². The number of anilines is 1. The van der Waals surface area contributed by atoms with Crippen LogP contribution in [0.4, 0.5) is 5.69 Å². The van der Waals surface area contributed by atoms with Gasteiger partial charge >= 0.3 is 0 Å². The van der Waals surface area contributed by atoms with Gasteiger partial charge in [-0.1, -0.05) is 12.1 Å². The van der Waals surface area contributed by atoms with Crippen LogP contribution >= 0.6 is 11.3 Å². The Kier molecular flexibility index (Phi) is 4.57. The predicted octanol–water partition coefficient (Wildman–Crippen LogP) is 4.53. The average Bonchev–Trinajstić information content (AvgIpc) is 3.22. The molecule has 0 bridgehead atoms. The molecule has 3 heterocycles. The maximum atomic E-state index is 13.0. The molecule has 0 saturated heterocycles. The second kappa shape index (κ2) is 7.05. The molecule has 0 aliphatic carbocycles. The Bertz CT molecular complexity index is 1260. The van der Waals surface area contributed by atoms with Gasteiger partial charge < -0.3 is 9.88 Å². The van der Waals surface area contributed by atoms with E-state index in [1.807, 2.05) is 55.6 Å². The standard InChI is InChI=1S/C22H19N3O2S/c1-13-6-7-16(24-21(26)20-5-4-8-28-20)11-17(13)18-10-15-12-23-14(2)9-19(15)25(3)22(18)27/h4-12H,1-3H3,(H,24,26). The van der Waals surface area contributed by atoms with Gasteiger partial charge in [-0.15, -0.1) is 11.3 Å². The number of pyridine rings is 2. The number of aromatic nitrogens is 2. The number of amides is 1. The van der Waals surface area contributed by atoms with Gasteiger partial charge in [0.05, 0.1) is 10.4 Å².